The molecule has 3 atom stereocenters. The van der Waals surface area contributed by atoms with Gasteiger partial charge in [0.25, 0.3) is 0 Å². The molecule has 3 unspecified atom stereocenters. The van der Waals surface area contributed by atoms with Crippen LogP contribution < -0.4 is 43.1 Å². The highest BCUT2D eigenvalue weighted by molar-refractivity contribution is 5.84. The Bertz CT molecular complexity index is 3830. The van der Waals surface area contributed by atoms with E-state index in [2.05, 4.69) is 200 Å². The summed E-state index contributed by atoms with van der Waals surface area (Å²) in [6.45, 7) is 25.7. The Morgan fingerprint density at radius 3 is 1.26 bits per heavy atom. The molecule has 0 amide bonds. The zero-order chi connectivity index (χ0) is 65.5. The molecule has 0 aliphatic carbocycles. The minimum absolute atomic E-state index is 0. The summed E-state index contributed by atoms with van der Waals surface area (Å²) in [5, 5.41) is 0. The molecule has 0 saturated heterocycles. The summed E-state index contributed by atoms with van der Waals surface area (Å²) in [5.41, 5.74) is 7.85. The van der Waals surface area contributed by atoms with Crippen molar-refractivity contribution in [2.75, 3.05) is 62.3 Å². The number of carbonyl (C=O) groups excluding carboxylic acids is 3. The third-order valence-electron chi connectivity index (χ3n) is 19.0. The number of fused-ring (bicyclic) bond motifs is 6. The normalized spacial score (nSPS) is 19.9. The molecular weight excluding hydrogens is 1170 g/mol. The molecule has 6 heterocycles. The Hall–Kier alpha value is -9.43. The van der Waals surface area contributed by atoms with Gasteiger partial charge in [0.15, 0.2) is 11.5 Å². The lowest BCUT2D eigenvalue weighted by atomic mass is 9.76. The topological polar surface area (TPSA) is 135 Å². The Balaban J connectivity index is 0.000000165. The highest BCUT2D eigenvalue weighted by Gasteiger charge is 2.60. The summed E-state index contributed by atoms with van der Waals surface area (Å²) < 4.78 is 47.4. The van der Waals surface area contributed by atoms with Gasteiger partial charge in [0.1, 0.15) is 23.0 Å². The van der Waals surface area contributed by atoms with Gasteiger partial charge in [-0.05, 0) is 207 Å². The molecular formula is C79H91N3O11. The Kier molecular flexibility index (Phi) is 20.6. The maximum atomic E-state index is 11.4. The Morgan fingerprint density at radius 1 is 0.430 bits per heavy atom. The molecule has 0 fully saturated rings. The standard InChI is InChI=1S/2C28H33NO4.C22H21NO3.CH4/c1-5-25(30)32-20-11-7-6-10-19-31-24-16-12-13-21-17-18-28(33-26(21)24)27(2,3)22-14-8-9-15-23(22)29(28)4;1-5-26(30)32-19-11-7-6-10-18-31-22-14-15-25-21(20-22)16-17-28(33-25)27(2,3)23-12-8-9-13-24(23)29(28)4;1-5-20(24)25-16-10-11-19-15(14-16)12-13-22(26-19)21(2,3)17-8-6-7-9-18(17)23(22)4;/h5,8-9,12-18H,1,6-7,10-11,19-20H2,2-4H3;5,8-9,12-17,20H,1,6-7,10-11,18-19H2,2-4H3;5-14H,1H2,2-4H3;1H4. The average Bonchev–Trinajstić information content (AvgIpc) is 1.58. The van der Waals surface area contributed by atoms with Crippen LogP contribution in [0.4, 0.5) is 17.1 Å². The lowest BCUT2D eigenvalue weighted by Crippen LogP contribution is -2.58. The summed E-state index contributed by atoms with van der Waals surface area (Å²) in [6.07, 6.45) is 23.9. The first kappa shape index (κ1) is 67.9. The molecule has 6 aromatic carbocycles. The molecule has 6 aromatic rings. The van der Waals surface area contributed by atoms with Gasteiger partial charge in [-0.25, -0.2) is 14.4 Å². The van der Waals surface area contributed by atoms with Crippen LogP contribution in [0.25, 0.3) is 18.2 Å². The van der Waals surface area contributed by atoms with Crippen molar-refractivity contribution in [1.29, 1.82) is 0 Å². The summed E-state index contributed by atoms with van der Waals surface area (Å²) in [5.74, 6) is 3.32. The smallest absolute Gasteiger partial charge is 0.335 e. The molecule has 0 bridgehead atoms. The van der Waals surface area contributed by atoms with Gasteiger partial charge in [-0.3, -0.25) is 0 Å². The van der Waals surface area contributed by atoms with Gasteiger partial charge in [-0.2, -0.15) is 0 Å². The maximum Gasteiger partial charge on any atom is 0.335 e. The summed E-state index contributed by atoms with van der Waals surface area (Å²) >= 11 is 0. The summed E-state index contributed by atoms with van der Waals surface area (Å²) in [6, 6.07) is 42.9. The molecule has 6 aliphatic heterocycles. The number of para-hydroxylation sites is 4. The molecule has 3 spiro atoms. The molecule has 12 rings (SSSR count). The average molecular weight is 1260 g/mol. The first-order valence-corrected chi connectivity index (χ1v) is 31.9. The lowest BCUT2D eigenvalue weighted by molar-refractivity contribution is -0.138. The predicted molar refractivity (Wildman–Crippen MR) is 373 cm³/mol. The van der Waals surface area contributed by atoms with Crippen molar-refractivity contribution in [3.63, 3.8) is 0 Å². The van der Waals surface area contributed by atoms with Gasteiger partial charge in [-0.15, -0.1) is 0 Å². The summed E-state index contributed by atoms with van der Waals surface area (Å²) in [4.78, 5) is 40.1. The van der Waals surface area contributed by atoms with E-state index >= 15 is 0 Å². The van der Waals surface area contributed by atoms with Crippen molar-refractivity contribution in [1.82, 2.24) is 0 Å². The number of carbonyl (C=O) groups is 3. The van der Waals surface area contributed by atoms with Crippen molar-refractivity contribution in [2.24, 2.45) is 0 Å². The number of benzene rings is 6. The minimum Gasteiger partial charge on any atom is -0.494 e. The van der Waals surface area contributed by atoms with Gasteiger partial charge >= 0.3 is 17.9 Å². The van der Waals surface area contributed by atoms with Crippen LogP contribution in [0.5, 0.6) is 34.5 Å². The minimum atomic E-state index is -0.619. The molecule has 488 valence electrons. The second kappa shape index (κ2) is 28.2. The van der Waals surface area contributed by atoms with E-state index in [1.165, 1.54) is 45.9 Å². The van der Waals surface area contributed by atoms with E-state index in [4.69, 9.17) is 37.9 Å². The van der Waals surface area contributed by atoms with E-state index in [1.54, 1.807) is 12.1 Å². The number of anilines is 3. The zero-order valence-corrected chi connectivity index (χ0v) is 54.8. The number of ether oxygens (including phenoxy) is 8. The highest BCUT2D eigenvalue weighted by Crippen LogP contribution is 2.58. The van der Waals surface area contributed by atoms with Gasteiger partial charge in [-0.1, -0.05) is 93.9 Å². The SMILES string of the molecule is C.C=CC(=O)OCCCCCCOc1ccc2c(c1)C=CC1(O2)N(C)c2ccccc2C1(C)C.C=CC(=O)OCCCCCCOc1cccc2c1OC1(C=C2)N(C)c2ccccc2C1(C)C.C=CC(=O)Oc1ccc2c(c1)C=CC1(O2)N(C)c2ccccc2C1(C)C. The second-order valence-electron chi connectivity index (χ2n) is 25.5. The Labute approximate surface area is 550 Å². The molecule has 14 nitrogen and oxygen atoms in total. The second-order valence-corrected chi connectivity index (χ2v) is 25.5. The van der Waals surface area contributed by atoms with Crippen molar-refractivity contribution in [2.45, 2.75) is 134 Å². The van der Waals surface area contributed by atoms with E-state index in [0.717, 1.165) is 103 Å². The molecule has 0 N–H and O–H groups in total. The lowest BCUT2D eigenvalue weighted by Gasteiger charge is -2.46. The van der Waals surface area contributed by atoms with Crippen LogP contribution in [0.1, 0.15) is 134 Å². The maximum absolute atomic E-state index is 11.4. The van der Waals surface area contributed by atoms with E-state index in [9.17, 15) is 14.4 Å². The van der Waals surface area contributed by atoms with Crippen LogP contribution in [0.2, 0.25) is 0 Å². The van der Waals surface area contributed by atoms with E-state index < -0.39 is 23.1 Å². The van der Waals surface area contributed by atoms with Gasteiger partial charge in [0.2, 0.25) is 17.2 Å². The molecule has 0 saturated carbocycles. The quantitative estimate of drug-likeness (QED) is 0.0310. The third kappa shape index (κ3) is 12.9. The third-order valence-corrected chi connectivity index (χ3v) is 19.0. The Morgan fingerprint density at radius 2 is 0.817 bits per heavy atom. The van der Waals surface area contributed by atoms with Crippen LogP contribution in [0, 0.1) is 0 Å². The number of hydrogen-bond donors (Lipinski definition) is 0. The van der Waals surface area contributed by atoms with Crippen LogP contribution in [-0.4, -0.2) is 82.7 Å². The zero-order valence-electron chi connectivity index (χ0n) is 54.8. The first-order chi connectivity index (χ1) is 44.2. The van der Waals surface area contributed by atoms with Crippen molar-refractivity contribution >= 4 is 53.2 Å². The number of esters is 3. The summed E-state index contributed by atoms with van der Waals surface area (Å²) in [7, 11) is 6.26. The monoisotopic (exact) mass is 1260 g/mol. The van der Waals surface area contributed by atoms with Gasteiger partial charge in [0, 0.05) is 73.1 Å². The number of rotatable bonds is 20. The van der Waals surface area contributed by atoms with E-state index in [0.29, 0.717) is 32.2 Å². The fraction of sp³-hybridized carbons (Fsp3) is 0.354. The van der Waals surface area contributed by atoms with Crippen LogP contribution in [0.15, 0.2) is 184 Å². The van der Waals surface area contributed by atoms with Crippen LogP contribution >= 0.6 is 0 Å². The van der Waals surface area contributed by atoms with Crippen molar-refractivity contribution in [3.8, 4) is 34.5 Å². The number of likely N-dealkylation sites (N-methyl/N-ethyl adjacent to an activating group) is 3. The predicted octanol–water partition coefficient (Wildman–Crippen LogP) is 16.7. The number of unbranched alkanes of at least 4 members (excludes halogenated alkanes) is 6. The number of nitrogens with zero attached hydrogens (tertiary/aromatic N) is 3. The van der Waals surface area contributed by atoms with Crippen molar-refractivity contribution in [3.05, 3.63) is 217 Å². The van der Waals surface area contributed by atoms with E-state index in [1.807, 2.05) is 48.5 Å². The fourth-order valence-corrected chi connectivity index (χ4v) is 13.7. The molecule has 93 heavy (non-hydrogen) atoms. The molecule has 14 heteroatoms. The molecule has 0 radical (unpaired) electrons. The van der Waals surface area contributed by atoms with Gasteiger partial charge < -0.3 is 52.6 Å². The van der Waals surface area contributed by atoms with Crippen molar-refractivity contribution < 1.29 is 52.3 Å². The van der Waals surface area contributed by atoms with E-state index in [-0.39, 0.29) is 35.6 Å². The van der Waals surface area contributed by atoms with Crippen LogP contribution in [0.3, 0.4) is 0 Å². The van der Waals surface area contributed by atoms with Gasteiger partial charge in [0.05, 0.1) is 42.7 Å². The highest BCUT2D eigenvalue weighted by atomic mass is 16.6. The fourth-order valence-electron chi connectivity index (χ4n) is 13.7. The number of hydrogen-bond acceptors (Lipinski definition) is 14. The molecule has 6 aliphatic rings. The first-order valence-electron chi connectivity index (χ1n) is 31.9. The molecule has 0 aromatic heterocycles. The van der Waals surface area contributed by atoms with Crippen LogP contribution in [-0.2, 0) is 40.1 Å². The largest absolute Gasteiger partial charge is 0.494 e.